The minimum Gasteiger partial charge on any atom is -0.457 e. The van der Waals surface area contributed by atoms with Gasteiger partial charge in [0.2, 0.25) is 0 Å². The Morgan fingerprint density at radius 1 is 1.07 bits per heavy atom. The van der Waals surface area contributed by atoms with Crippen molar-refractivity contribution in [2.45, 2.75) is 103 Å². The van der Waals surface area contributed by atoms with Gasteiger partial charge in [-0.05, 0) is 74.5 Å². The lowest BCUT2D eigenvalue weighted by molar-refractivity contribution is -0.217. The highest BCUT2D eigenvalue weighted by Crippen LogP contribution is 2.61. The van der Waals surface area contributed by atoms with Gasteiger partial charge in [0.15, 0.2) is 6.29 Å². The smallest absolute Gasteiger partial charge is 0.376 e. The number of hydrogen-bond donors (Lipinski definition) is 0. The fourth-order valence-corrected chi connectivity index (χ4v) is 6.96. The lowest BCUT2D eigenvalue weighted by atomic mass is 9.49. The predicted molar refractivity (Wildman–Crippen MR) is 109 cm³/mol. The van der Waals surface area contributed by atoms with Crippen molar-refractivity contribution in [2.24, 2.45) is 29.1 Å². The van der Waals surface area contributed by atoms with E-state index in [1.165, 1.54) is 32.1 Å². The number of carbonyl (C=O) groups is 1. The highest BCUT2D eigenvalue weighted by atomic mass is 19.3. The second-order valence-electron chi connectivity index (χ2n) is 10.8. The number of esters is 1. The Morgan fingerprint density at radius 3 is 2.37 bits per heavy atom. The summed E-state index contributed by atoms with van der Waals surface area (Å²) in [5, 5.41) is 0. The van der Waals surface area contributed by atoms with E-state index in [1.807, 2.05) is 6.92 Å². The van der Waals surface area contributed by atoms with Crippen molar-refractivity contribution < 1.29 is 27.8 Å². The molecule has 5 saturated carbocycles. The van der Waals surface area contributed by atoms with Gasteiger partial charge in [0, 0.05) is 13.5 Å². The maximum atomic E-state index is 13.3. The number of rotatable bonds is 9. The molecular formula is C24H38F2O4. The summed E-state index contributed by atoms with van der Waals surface area (Å²) < 4.78 is 44.1. The Balaban J connectivity index is 1.24. The Morgan fingerprint density at radius 2 is 1.73 bits per heavy atom. The third-order valence-corrected chi connectivity index (χ3v) is 8.14. The van der Waals surface area contributed by atoms with Crippen LogP contribution in [-0.4, -0.2) is 37.5 Å². The molecule has 4 bridgehead atoms. The van der Waals surface area contributed by atoms with Gasteiger partial charge in [-0.3, -0.25) is 0 Å². The highest BCUT2D eigenvalue weighted by molar-refractivity contribution is 5.77. The zero-order valence-electron chi connectivity index (χ0n) is 18.5. The number of alkyl halides is 2. The monoisotopic (exact) mass is 428 g/mol. The quantitative estimate of drug-likeness (QED) is 0.348. The molecule has 3 atom stereocenters. The molecule has 0 aromatic rings. The first-order valence-corrected chi connectivity index (χ1v) is 12.1. The van der Waals surface area contributed by atoms with Gasteiger partial charge in [0.1, 0.15) is 6.10 Å². The minimum absolute atomic E-state index is 0.0924. The van der Waals surface area contributed by atoms with E-state index in [1.54, 1.807) is 0 Å². The van der Waals surface area contributed by atoms with Gasteiger partial charge in [-0.1, -0.05) is 32.1 Å². The molecule has 0 saturated heterocycles. The Bertz CT molecular complexity index is 583. The molecule has 0 aromatic carbocycles. The van der Waals surface area contributed by atoms with Crippen LogP contribution < -0.4 is 0 Å². The average molecular weight is 429 g/mol. The molecule has 5 rings (SSSR count). The van der Waals surface area contributed by atoms with Gasteiger partial charge in [0.05, 0.1) is 6.61 Å². The molecule has 5 aliphatic carbocycles. The molecule has 0 radical (unpaired) electrons. The zero-order chi connectivity index (χ0) is 21.4. The number of hydrogen-bond acceptors (Lipinski definition) is 4. The average Bonchev–Trinajstić information content (AvgIpc) is 2.69. The fraction of sp³-hybridized carbons (Fsp3) is 0.958. The normalized spacial score (nSPS) is 37.3. The van der Waals surface area contributed by atoms with E-state index in [2.05, 4.69) is 0 Å². The van der Waals surface area contributed by atoms with Crippen LogP contribution in [0.5, 0.6) is 0 Å². The van der Waals surface area contributed by atoms with Crippen LogP contribution in [0.25, 0.3) is 0 Å². The number of carbonyl (C=O) groups excluding carboxylic acids is 1. The molecule has 4 nitrogen and oxygen atoms in total. The molecule has 0 aliphatic heterocycles. The summed E-state index contributed by atoms with van der Waals surface area (Å²) in [6, 6.07) is 0. The minimum atomic E-state index is -3.42. The van der Waals surface area contributed by atoms with Gasteiger partial charge < -0.3 is 14.2 Å². The van der Waals surface area contributed by atoms with Crippen LogP contribution >= 0.6 is 0 Å². The van der Waals surface area contributed by atoms with Crippen molar-refractivity contribution in [1.29, 1.82) is 0 Å². The van der Waals surface area contributed by atoms with Crippen LogP contribution in [0.15, 0.2) is 0 Å². The molecule has 0 amide bonds. The molecule has 3 unspecified atom stereocenters. The molecule has 5 aliphatic rings. The van der Waals surface area contributed by atoms with Crippen LogP contribution in [0.4, 0.5) is 8.78 Å². The molecule has 30 heavy (non-hydrogen) atoms. The molecule has 0 N–H and O–H groups in total. The summed E-state index contributed by atoms with van der Waals surface area (Å²) in [6.07, 6.45) is 12.2. The van der Waals surface area contributed by atoms with E-state index in [9.17, 15) is 13.6 Å². The van der Waals surface area contributed by atoms with E-state index in [-0.39, 0.29) is 29.6 Å². The Kier molecular flexibility index (Phi) is 6.74. The van der Waals surface area contributed by atoms with E-state index in [4.69, 9.17) is 14.2 Å². The third kappa shape index (κ3) is 5.17. The summed E-state index contributed by atoms with van der Waals surface area (Å²) in [7, 11) is 0. The summed E-state index contributed by atoms with van der Waals surface area (Å²) in [5.74, 6) is -3.00. The standard InChI is InChI=1S/C24H38F2O4/c1-16(28-9-8-17-6-4-3-5-7-17)29-15-24-12-18-10-19(13-24)21(20(11-18)14-24)30-22(27)23(2,25)26/h16-21H,3-15H2,1-2H3. The Labute approximate surface area is 179 Å². The maximum Gasteiger partial charge on any atom is 0.376 e. The van der Waals surface area contributed by atoms with Gasteiger partial charge in [-0.25, -0.2) is 4.79 Å². The molecule has 5 fully saturated rings. The molecule has 172 valence electrons. The van der Waals surface area contributed by atoms with Crippen LogP contribution in [0.2, 0.25) is 0 Å². The lowest BCUT2D eigenvalue weighted by Gasteiger charge is -2.59. The van der Waals surface area contributed by atoms with Crippen molar-refractivity contribution in [3.8, 4) is 0 Å². The van der Waals surface area contributed by atoms with E-state index >= 15 is 0 Å². The molecular weight excluding hydrogens is 390 g/mol. The van der Waals surface area contributed by atoms with Crippen LogP contribution in [-0.2, 0) is 19.0 Å². The van der Waals surface area contributed by atoms with E-state index < -0.39 is 11.9 Å². The van der Waals surface area contributed by atoms with Crippen molar-refractivity contribution in [3.05, 3.63) is 0 Å². The van der Waals surface area contributed by atoms with E-state index in [0.29, 0.717) is 19.4 Å². The topological polar surface area (TPSA) is 44.8 Å². The summed E-state index contributed by atoms with van der Waals surface area (Å²) in [5.41, 5.74) is 0.0924. The van der Waals surface area contributed by atoms with Crippen molar-refractivity contribution in [1.82, 2.24) is 0 Å². The van der Waals surface area contributed by atoms with Gasteiger partial charge in [0.25, 0.3) is 0 Å². The predicted octanol–water partition coefficient (Wildman–Crippen LogP) is 5.73. The summed E-state index contributed by atoms with van der Waals surface area (Å²) in [6.45, 7) is 4.02. The number of halogens is 2. The van der Waals surface area contributed by atoms with Gasteiger partial charge in [-0.15, -0.1) is 0 Å². The second-order valence-corrected chi connectivity index (χ2v) is 10.8. The first-order chi connectivity index (χ1) is 14.2. The first kappa shape index (κ1) is 22.4. The lowest BCUT2D eigenvalue weighted by Crippen LogP contribution is -2.56. The van der Waals surface area contributed by atoms with Crippen LogP contribution in [0.3, 0.4) is 0 Å². The third-order valence-electron chi connectivity index (χ3n) is 8.14. The van der Waals surface area contributed by atoms with Crippen molar-refractivity contribution in [2.75, 3.05) is 13.2 Å². The van der Waals surface area contributed by atoms with E-state index in [0.717, 1.165) is 51.0 Å². The van der Waals surface area contributed by atoms with Crippen molar-refractivity contribution in [3.63, 3.8) is 0 Å². The highest BCUT2D eigenvalue weighted by Gasteiger charge is 2.57. The SMILES string of the molecule is CC(OCCC1CCCCC1)OCC12CC3CC(C1)C(OC(=O)C(C)(F)F)C(C3)C2. The first-order valence-electron chi connectivity index (χ1n) is 12.1. The molecule has 0 heterocycles. The summed E-state index contributed by atoms with van der Waals surface area (Å²) in [4.78, 5) is 11.8. The van der Waals surface area contributed by atoms with Gasteiger partial charge >= 0.3 is 11.9 Å². The summed E-state index contributed by atoms with van der Waals surface area (Å²) >= 11 is 0. The fourth-order valence-electron chi connectivity index (χ4n) is 6.96. The zero-order valence-corrected chi connectivity index (χ0v) is 18.5. The second kappa shape index (κ2) is 9.01. The Hall–Kier alpha value is -0.750. The van der Waals surface area contributed by atoms with Crippen LogP contribution in [0, 0.1) is 29.1 Å². The number of ether oxygens (including phenoxy) is 3. The van der Waals surface area contributed by atoms with Crippen molar-refractivity contribution >= 4 is 5.97 Å². The van der Waals surface area contributed by atoms with Crippen LogP contribution in [0.1, 0.15) is 84.5 Å². The molecule has 0 aromatic heterocycles. The largest absolute Gasteiger partial charge is 0.457 e. The molecule has 0 spiro atoms. The van der Waals surface area contributed by atoms with Gasteiger partial charge in [-0.2, -0.15) is 8.78 Å². The molecule has 6 heteroatoms. The maximum absolute atomic E-state index is 13.3.